The van der Waals surface area contributed by atoms with Crippen molar-refractivity contribution in [3.8, 4) is 0 Å². The first-order valence-electron chi connectivity index (χ1n) is 9.67. The molecule has 0 bridgehead atoms. The quantitative estimate of drug-likeness (QED) is 0.440. The first kappa shape index (κ1) is 21.3. The van der Waals surface area contributed by atoms with E-state index in [0.29, 0.717) is 13.1 Å². The summed E-state index contributed by atoms with van der Waals surface area (Å²) < 4.78 is 5.23. The lowest BCUT2D eigenvalue weighted by molar-refractivity contribution is 0.0527. The number of nitrogens with zero attached hydrogens (tertiary/aromatic N) is 3. The molecule has 0 unspecified atom stereocenters. The van der Waals surface area contributed by atoms with Crippen molar-refractivity contribution in [1.82, 2.24) is 15.5 Å². The highest BCUT2D eigenvalue weighted by molar-refractivity contribution is 7.14. The summed E-state index contributed by atoms with van der Waals surface area (Å²) in [7, 11) is 0. The molecule has 2 N–H and O–H groups in total. The van der Waals surface area contributed by atoms with E-state index in [1.165, 1.54) is 5.00 Å². The van der Waals surface area contributed by atoms with Crippen molar-refractivity contribution in [1.29, 1.82) is 0 Å². The molecule has 2 rings (SSSR count). The van der Waals surface area contributed by atoms with Gasteiger partial charge in [0, 0.05) is 45.8 Å². The molecular weight excluding hydrogens is 362 g/mol. The number of hydrogen-bond acceptors (Lipinski definition) is 5. The van der Waals surface area contributed by atoms with Crippen LogP contribution in [0.2, 0.25) is 0 Å². The van der Waals surface area contributed by atoms with Crippen LogP contribution in [0.3, 0.4) is 0 Å². The van der Waals surface area contributed by atoms with Crippen molar-refractivity contribution in [2.75, 3.05) is 50.7 Å². The molecule has 7 nitrogen and oxygen atoms in total. The number of carbonyl (C=O) groups is 1. The molecule has 27 heavy (non-hydrogen) atoms. The van der Waals surface area contributed by atoms with E-state index in [1.54, 1.807) is 11.3 Å². The minimum absolute atomic E-state index is 0.372. The van der Waals surface area contributed by atoms with Crippen LogP contribution < -0.4 is 15.5 Å². The van der Waals surface area contributed by atoms with Crippen LogP contribution in [-0.4, -0.2) is 68.4 Å². The molecule has 1 aromatic rings. The molecule has 0 saturated carbocycles. The van der Waals surface area contributed by atoms with E-state index in [9.17, 15) is 4.79 Å². The molecule has 0 radical (unpaired) electrons. The monoisotopic (exact) mass is 395 g/mol. The molecule has 8 heteroatoms. The highest BCUT2D eigenvalue weighted by atomic mass is 32.1. The standard InChI is InChI=1S/C19H33N5O2S/c1-5-20-17(21-9-7-10-22-18(25)26-19(2,3)4)24-13-11-23(12-14-24)16-8-6-15-27-16/h6,8,15H,5,7,9-14H2,1-4H3,(H,20,21)(H,22,25). The van der Waals surface area contributed by atoms with E-state index in [4.69, 9.17) is 9.73 Å². The molecular formula is C19H33N5O2S. The summed E-state index contributed by atoms with van der Waals surface area (Å²) in [5.74, 6) is 0.959. The van der Waals surface area contributed by atoms with Crippen LogP contribution >= 0.6 is 11.3 Å². The van der Waals surface area contributed by atoms with Gasteiger partial charge in [-0.15, -0.1) is 11.3 Å². The van der Waals surface area contributed by atoms with Gasteiger partial charge in [-0.1, -0.05) is 0 Å². The third-order valence-corrected chi connectivity index (χ3v) is 4.93. The van der Waals surface area contributed by atoms with Gasteiger partial charge < -0.3 is 25.2 Å². The molecule has 1 amide bonds. The van der Waals surface area contributed by atoms with E-state index in [0.717, 1.165) is 45.1 Å². The summed E-state index contributed by atoms with van der Waals surface area (Å²) in [6, 6.07) is 4.28. The van der Waals surface area contributed by atoms with Gasteiger partial charge in [0.2, 0.25) is 0 Å². The molecule has 1 aromatic heterocycles. The average molecular weight is 396 g/mol. The van der Waals surface area contributed by atoms with Crippen LogP contribution in [0.25, 0.3) is 0 Å². The van der Waals surface area contributed by atoms with Crippen LogP contribution in [0.15, 0.2) is 22.5 Å². The maximum Gasteiger partial charge on any atom is 0.407 e. The number of hydrogen-bond donors (Lipinski definition) is 2. The van der Waals surface area contributed by atoms with Gasteiger partial charge in [-0.05, 0) is 51.6 Å². The minimum atomic E-state index is -0.467. The zero-order valence-electron chi connectivity index (χ0n) is 17.0. The number of alkyl carbamates (subject to hydrolysis) is 1. The first-order valence-corrected chi connectivity index (χ1v) is 10.6. The number of thiophene rings is 1. The molecule has 0 spiro atoms. The smallest absolute Gasteiger partial charge is 0.407 e. The van der Waals surface area contributed by atoms with Gasteiger partial charge in [0.1, 0.15) is 5.60 Å². The van der Waals surface area contributed by atoms with Crippen LogP contribution in [0.5, 0.6) is 0 Å². The largest absolute Gasteiger partial charge is 0.444 e. The first-order chi connectivity index (χ1) is 12.9. The Hall–Kier alpha value is -1.96. The van der Waals surface area contributed by atoms with Crippen LogP contribution in [0.4, 0.5) is 9.80 Å². The SMILES string of the molecule is CCNC(=NCCCNC(=O)OC(C)(C)C)N1CCN(c2cccs2)CC1. The normalized spacial score (nSPS) is 15.6. The summed E-state index contributed by atoms with van der Waals surface area (Å²) in [6.45, 7) is 13.7. The number of amides is 1. The Balaban J connectivity index is 1.73. The molecule has 1 saturated heterocycles. The molecule has 1 aliphatic heterocycles. The lowest BCUT2D eigenvalue weighted by Crippen LogP contribution is -2.52. The number of anilines is 1. The summed E-state index contributed by atoms with van der Waals surface area (Å²) >= 11 is 1.79. The second kappa shape index (κ2) is 10.4. The second-order valence-electron chi connectivity index (χ2n) is 7.44. The Kier molecular flexibility index (Phi) is 8.22. The van der Waals surface area contributed by atoms with Crippen molar-refractivity contribution in [2.45, 2.75) is 39.7 Å². The van der Waals surface area contributed by atoms with Gasteiger partial charge in [0.25, 0.3) is 0 Å². The van der Waals surface area contributed by atoms with Crippen molar-refractivity contribution in [2.24, 2.45) is 4.99 Å². The van der Waals surface area contributed by atoms with Gasteiger partial charge >= 0.3 is 6.09 Å². The molecule has 1 aliphatic rings. The van der Waals surface area contributed by atoms with Gasteiger partial charge in [-0.2, -0.15) is 0 Å². The number of carbonyl (C=O) groups excluding carboxylic acids is 1. The minimum Gasteiger partial charge on any atom is -0.444 e. The third-order valence-electron chi connectivity index (χ3n) is 4.00. The van der Waals surface area contributed by atoms with Gasteiger partial charge in [0.15, 0.2) is 5.96 Å². The fourth-order valence-corrected chi connectivity index (χ4v) is 3.57. The number of nitrogens with one attached hydrogen (secondary N) is 2. The van der Waals surface area contributed by atoms with E-state index < -0.39 is 5.60 Å². The average Bonchev–Trinajstić information content (AvgIpc) is 3.14. The van der Waals surface area contributed by atoms with Crippen molar-refractivity contribution >= 4 is 28.4 Å². The number of guanidine groups is 1. The van der Waals surface area contributed by atoms with Gasteiger partial charge in [-0.25, -0.2) is 4.79 Å². The maximum absolute atomic E-state index is 11.6. The fourth-order valence-electron chi connectivity index (χ4n) is 2.78. The van der Waals surface area contributed by atoms with Crippen LogP contribution in [-0.2, 0) is 4.74 Å². The summed E-state index contributed by atoms with van der Waals surface area (Å²) in [5.41, 5.74) is -0.467. The Labute approximate surface area is 166 Å². The topological polar surface area (TPSA) is 69.2 Å². The molecule has 152 valence electrons. The predicted molar refractivity (Wildman–Crippen MR) is 113 cm³/mol. The molecule has 0 aromatic carbocycles. The maximum atomic E-state index is 11.6. The highest BCUT2D eigenvalue weighted by Crippen LogP contribution is 2.22. The highest BCUT2D eigenvalue weighted by Gasteiger charge is 2.20. The lowest BCUT2D eigenvalue weighted by Gasteiger charge is -2.37. The summed E-state index contributed by atoms with van der Waals surface area (Å²) in [6.07, 6.45) is 0.409. The van der Waals surface area contributed by atoms with Gasteiger partial charge in [0.05, 0.1) is 5.00 Å². The van der Waals surface area contributed by atoms with Gasteiger partial charge in [-0.3, -0.25) is 4.99 Å². The zero-order valence-corrected chi connectivity index (χ0v) is 17.8. The zero-order chi connectivity index (χ0) is 19.7. The second-order valence-corrected chi connectivity index (χ2v) is 8.37. The molecule has 2 heterocycles. The Morgan fingerprint density at radius 2 is 2.00 bits per heavy atom. The van der Waals surface area contributed by atoms with E-state index in [-0.39, 0.29) is 6.09 Å². The Morgan fingerprint density at radius 1 is 1.26 bits per heavy atom. The van der Waals surface area contributed by atoms with E-state index >= 15 is 0 Å². The lowest BCUT2D eigenvalue weighted by atomic mass is 10.2. The summed E-state index contributed by atoms with van der Waals surface area (Å²) in [4.78, 5) is 21.1. The predicted octanol–water partition coefficient (Wildman–Crippen LogP) is 2.75. The fraction of sp³-hybridized carbons (Fsp3) is 0.684. The molecule has 0 atom stereocenters. The van der Waals surface area contributed by atoms with E-state index in [1.807, 2.05) is 20.8 Å². The number of aliphatic imine (C=N–C) groups is 1. The number of rotatable bonds is 6. The Morgan fingerprint density at radius 3 is 2.59 bits per heavy atom. The Bertz CT molecular complexity index is 590. The number of ether oxygens (including phenoxy) is 1. The van der Waals surface area contributed by atoms with E-state index in [2.05, 4.69) is 44.9 Å². The van der Waals surface area contributed by atoms with Crippen molar-refractivity contribution < 1.29 is 9.53 Å². The number of piperazine rings is 1. The molecule has 1 fully saturated rings. The molecule has 0 aliphatic carbocycles. The van der Waals surface area contributed by atoms with Crippen LogP contribution in [0.1, 0.15) is 34.1 Å². The summed E-state index contributed by atoms with van der Waals surface area (Å²) in [5, 5.41) is 9.62. The third kappa shape index (κ3) is 7.66. The van der Waals surface area contributed by atoms with Crippen LogP contribution in [0, 0.1) is 0 Å². The van der Waals surface area contributed by atoms with Crippen molar-refractivity contribution in [3.63, 3.8) is 0 Å². The van der Waals surface area contributed by atoms with Crippen molar-refractivity contribution in [3.05, 3.63) is 17.5 Å².